The van der Waals surface area contributed by atoms with Gasteiger partial charge in [0, 0.05) is 34.1 Å². The summed E-state index contributed by atoms with van der Waals surface area (Å²) in [5.41, 5.74) is 2.63. The monoisotopic (exact) mass is 421 g/mol. The van der Waals surface area contributed by atoms with Crippen LogP contribution in [0.5, 0.6) is 5.75 Å². The van der Waals surface area contributed by atoms with E-state index >= 15 is 0 Å². The fourth-order valence-electron chi connectivity index (χ4n) is 3.42. The minimum Gasteiger partial charge on any atom is -0.494 e. The van der Waals surface area contributed by atoms with Gasteiger partial charge in [0.25, 0.3) is 0 Å². The molecule has 31 heavy (non-hydrogen) atoms. The fourth-order valence-corrected chi connectivity index (χ4v) is 3.42. The van der Waals surface area contributed by atoms with E-state index in [0.29, 0.717) is 23.5 Å². The molecule has 0 aliphatic rings. The average Bonchev–Trinajstić information content (AvgIpc) is 3.11. The maximum atomic E-state index is 12.9. The normalized spacial score (nSPS) is 11.8. The zero-order valence-corrected chi connectivity index (χ0v) is 18.1. The predicted octanol–water partition coefficient (Wildman–Crippen LogP) is 5.04. The molecular formula is C25H27NO5. The number of hydrogen-bond acceptors (Lipinski definition) is 5. The Morgan fingerprint density at radius 3 is 2.42 bits per heavy atom. The van der Waals surface area contributed by atoms with Crippen molar-refractivity contribution in [2.75, 3.05) is 6.61 Å². The van der Waals surface area contributed by atoms with Crippen LogP contribution in [0.3, 0.4) is 0 Å². The smallest absolute Gasteiger partial charge is 0.306 e. The minimum atomic E-state index is -0.935. The Balaban J connectivity index is 1.54. The van der Waals surface area contributed by atoms with E-state index in [1.807, 2.05) is 38.1 Å². The molecular weight excluding hydrogens is 394 g/mol. The van der Waals surface area contributed by atoms with Crippen LogP contribution in [0.2, 0.25) is 0 Å². The number of benzene rings is 2. The number of nitrogens with one attached hydrogen (secondary N) is 1. The predicted molar refractivity (Wildman–Crippen MR) is 119 cm³/mol. The summed E-state index contributed by atoms with van der Waals surface area (Å²) in [6.07, 6.45) is -0.0994. The lowest BCUT2D eigenvalue weighted by Crippen LogP contribution is -2.25. The van der Waals surface area contributed by atoms with Crippen LogP contribution in [0, 0.1) is 6.92 Å². The minimum absolute atomic E-state index is 0.0149. The van der Waals surface area contributed by atoms with Gasteiger partial charge in [-0.25, -0.2) is 0 Å². The number of ketones is 2. The standard InChI is InChI=1S/C25H27NO5/c1-4-15-30-19-11-9-18(10-12-19)22(27)13-14-23(28)31-17(3)25(29)24-16(2)26-21-8-6-5-7-20(21)24/h5-12,17,26H,4,13-15H2,1-3H3/t17-/m1/s1. The van der Waals surface area contributed by atoms with Gasteiger partial charge in [0.2, 0.25) is 5.78 Å². The van der Waals surface area contributed by atoms with Crippen molar-refractivity contribution in [3.8, 4) is 5.75 Å². The second-order valence-electron chi connectivity index (χ2n) is 7.46. The first kappa shape index (κ1) is 22.3. The molecule has 1 aromatic heterocycles. The zero-order chi connectivity index (χ0) is 22.4. The molecule has 0 spiro atoms. The highest BCUT2D eigenvalue weighted by Crippen LogP contribution is 2.24. The Hall–Kier alpha value is -3.41. The summed E-state index contributed by atoms with van der Waals surface area (Å²) in [5.74, 6) is -0.296. The van der Waals surface area contributed by atoms with Crippen molar-refractivity contribution in [2.24, 2.45) is 0 Å². The molecule has 1 atom stereocenters. The molecule has 0 fully saturated rings. The molecule has 1 heterocycles. The van der Waals surface area contributed by atoms with Crippen molar-refractivity contribution in [1.82, 2.24) is 4.98 Å². The highest BCUT2D eigenvalue weighted by atomic mass is 16.5. The van der Waals surface area contributed by atoms with E-state index in [9.17, 15) is 14.4 Å². The van der Waals surface area contributed by atoms with Crippen molar-refractivity contribution < 1.29 is 23.9 Å². The first-order valence-electron chi connectivity index (χ1n) is 10.5. The van der Waals surface area contributed by atoms with Gasteiger partial charge in [-0.3, -0.25) is 14.4 Å². The van der Waals surface area contributed by atoms with Gasteiger partial charge < -0.3 is 14.5 Å². The van der Waals surface area contributed by atoms with E-state index in [0.717, 1.165) is 23.0 Å². The summed E-state index contributed by atoms with van der Waals surface area (Å²) in [4.78, 5) is 40.6. The van der Waals surface area contributed by atoms with Crippen LogP contribution in [0.1, 0.15) is 59.5 Å². The molecule has 162 valence electrons. The number of carbonyl (C=O) groups excluding carboxylic acids is 3. The number of ether oxygens (including phenoxy) is 2. The first-order chi connectivity index (χ1) is 14.9. The van der Waals surface area contributed by atoms with Gasteiger partial charge in [-0.05, 0) is 50.6 Å². The van der Waals surface area contributed by atoms with Crippen LogP contribution in [0.15, 0.2) is 48.5 Å². The zero-order valence-electron chi connectivity index (χ0n) is 18.1. The highest BCUT2D eigenvalue weighted by molar-refractivity contribution is 6.11. The van der Waals surface area contributed by atoms with Gasteiger partial charge in [-0.1, -0.05) is 25.1 Å². The van der Waals surface area contributed by atoms with Crippen LogP contribution in [0.4, 0.5) is 0 Å². The second kappa shape index (κ2) is 10.1. The fraction of sp³-hybridized carbons (Fsp3) is 0.320. The van der Waals surface area contributed by atoms with Gasteiger partial charge in [-0.15, -0.1) is 0 Å². The lowest BCUT2D eigenvalue weighted by Gasteiger charge is -2.12. The number of rotatable bonds is 10. The molecule has 0 saturated heterocycles. The van der Waals surface area contributed by atoms with Crippen LogP contribution < -0.4 is 4.74 Å². The molecule has 0 aliphatic carbocycles. The number of esters is 1. The van der Waals surface area contributed by atoms with E-state index in [2.05, 4.69) is 4.98 Å². The van der Waals surface area contributed by atoms with E-state index in [1.165, 1.54) is 0 Å². The number of H-pyrrole nitrogens is 1. The number of aromatic amines is 1. The third kappa shape index (κ3) is 5.40. The molecule has 0 amide bonds. The van der Waals surface area contributed by atoms with Gasteiger partial charge in [-0.2, -0.15) is 0 Å². The molecule has 3 rings (SSSR count). The second-order valence-corrected chi connectivity index (χ2v) is 7.46. The maximum absolute atomic E-state index is 12.9. The SMILES string of the molecule is CCCOc1ccc(C(=O)CCC(=O)O[C@H](C)C(=O)c2c(C)[nH]c3ccccc23)cc1. The third-order valence-electron chi connectivity index (χ3n) is 5.02. The number of para-hydroxylation sites is 1. The van der Waals surface area contributed by atoms with Crippen molar-refractivity contribution in [3.05, 3.63) is 65.4 Å². The van der Waals surface area contributed by atoms with Crippen molar-refractivity contribution in [2.45, 2.75) is 46.1 Å². The molecule has 0 saturated carbocycles. The molecule has 0 radical (unpaired) electrons. The van der Waals surface area contributed by atoms with Crippen molar-refractivity contribution in [1.29, 1.82) is 0 Å². The summed E-state index contributed by atoms with van der Waals surface area (Å²) >= 11 is 0. The Morgan fingerprint density at radius 1 is 1.00 bits per heavy atom. The number of aryl methyl sites for hydroxylation is 1. The number of carbonyl (C=O) groups is 3. The Bertz CT molecular complexity index is 1080. The summed E-state index contributed by atoms with van der Waals surface area (Å²) in [5, 5.41) is 0.800. The first-order valence-corrected chi connectivity index (χ1v) is 10.5. The van der Waals surface area contributed by atoms with Crippen molar-refractivity contribution >= 4 is 28.4 Å². The molecule has 0 bridgehead atoms. The molecule has 0 unspecified atom stereocenters. The molecule has 2 aromatic carbocycles. The third-order valence-corrected chi connectivity index (χ3v) is 5.02. The van der Waals surface area contributed by atoms with E-state index in [1.54, 1.807) is 31.2 Å². The lowest BCUT2D eigenvalue weighted by molar-refractivity contribution is -0.146. The number of aromatic nitrogens is 1. The van der Waals surface area contributed by atoms with E-state index in [4.69, 9.17) is 9.47 Å². The topological polar surface area (TPSA) is 85.5 Å². The van der Waals surface area contributed by atoms with Crippen LogP contribution in [-0.4, -0.2) is 35.2 Å². The van der Waals surface area contributed by atoms with Crippen LogP contribution >= 0.6 is 0 Å². The van der Waals surface area contributed by atoms with E-state index < -0.39 is 12.1 Å². The lowest BCUT2D eigenvalue weighted by atomic mass is 10.0. The van der Waals surface area contributed by atoms with E-state index in [-0.39, 0.29) is 24.4 Å². The molecule has 0 aliphatic heterocycles. The van der Waals surface area contributed by atoms with Crippen LogP contribution in [0.25, 0.3) is 10.9 Å². The number of fused-ring (bicyclic) bond motifs is 1. The summed E-state index contributed by atoms with van der Waals surface area (Å²) in [6.45, 7) is 6.01. The van der Waals surface area contributed by atoms with Gasteiger partial charge in [0.1, 0.15) is 5.75 Å². The van der Waals surface area contributed by atoms with Crippen molar-refractivity contribution in [3.63, 3.8) is 0 Å². The molecule has 6 heteroatoms. The maximum Gasteiger partial charge on any atom is 0.306 e. The largest absolute Gasteiger partial charge is 0.494 e. The van der Waals surface area contributed by atoms with Crippen LogP contribution in [-0.2, 0) is 9.53 Å². The van der Waals surface area contributed by atoms with Gasteiger partial charge in [0.15, 0.2) is 11.9 Å². The summed E-state index contributed by atoms with van der Waals surface area (Å²) in [6, 6.07) is 14.4. The van der Waals surface area contributed by atoms with Gasteiger partial charge >= 0.3 is 5.97 Å². The molecule has 1 N–H and O–H groups in total. The quantitative estimate of drug-likeness (QED) is 0.366. The Labute approximate surface area is 181 Å². The Kier molecular flexibility index (Phi) is 7.23. The Morgan fingerprint density at radius 2 is 1.71 bits per heavy atom. The summed E-state index contributed by atoms with van der Waals surface area (Å²) in [7, 11) is 0. The number of Topliss-reactive ketones (excluding diaryl/α,β-unsaturated/α-hetero) is 2. The summed E-state index contributed by atoms with van der Waals surface area (Å²) < 4.78 is 10.8. The van der Waals surface area contributed by atoms with Gasteiger partial charge in [0.05, 0.1) is 13.0 Å². The molecule has 3 aromatic rings. The highest BCUT2D eigenvalue weighted by Gasteiger charge is 2.24. The average molecular weight is 421 g/mol. The molecule has 6 nitrogen and oxygen atoms in total. The number of hydrogen-bond donors (Lipinski definition) is 1.